The molecule has 5 nitrogen and oxygen atoms in total. The molecule has 0 atom stereocenters. The fourth-order valence-corrected chi connectivity index (χ4v) is 2.31. The van der Waals surface area contributed by atoms with E-state index >= 15 is 0 Å². The Morgan fingerprint density at radius 2 is 2.25 bits per heavy atom. The number of carbonyl (C=O) groups is 1. The summed E-state index contributed by atoms with van der Waals surface area (Å²) in [6.45, 7) is 3.44. The SMILES string of the molecule is C=CC(=O)NC1CCC(Oc2ncccc2C#N)CC1. The molecule has 20 heavy (non-hydrogen) atoms. The monoisotopic (exact) mass is 271 g/mol. The number of nitriles is 1. The van der Waals surface area contributed by atoms with Crippen molar-refractivity contribution in [3.63, 3.8) is 0 Å². The normalized spacial score (nSPS) is 21.6. The summed E-state index contributed by atoms with van der Waals surface area (Å²) in [5.41, 5.74) is 0.453. The Balaban J connectivity index is 1.87. The molecule has 1 amide bonds. The number of rotatable bonds is 4. The van der Waals surface area contributed by atoms with E-state index in [1.165, 1.54) is 6.08 Å². The molecule has 1 N–H and O–H groups in total. The van der Waals surface area contributed by atoms with Crippen molar-refractivity contribution < 1.29 is 9.53 Å². The molecule has 5 heteroatoms. The van der Waals surface area contributed by atoms with E-state index in [1.54, 1.807) is 18.3 Å². The summed E-state index contributed by atoms with van der Waals surface area (Å²) in [6.07, 6.45) is 6.35. The molecule has 0 spiro atoms. The maximum absolute atomic E-state index is 11.2. The van der Waals surface area contributed by atoms with Gasteiger partial charge in [0.15, 0.2) is 0 Å². The zero-order valence-corrected chi connectivity index (χ0v) is 11.2. The van der Waals surface area contributed by atoms with Crippen LogP contribution in [0.15, 0.2) is 31.0 Å². The zero-order chi connectivity index (χ0) is 14.4. The average molecular weight is 271 g/mol. The Kier molecular flexibility index (Phi) is 4.72. The minimum Gasteiger partial charge on any atom is -0.473 e. The molecule has 1 heterocycles. The van der Waals surface area contributed by atoms with Crippen molar-refractivity contribution in [3.8, 4) is 11.9 Å². The number of ether oxygens (including phenoxy) is 1. The van der Waals surface area contributed by atoms with E-state index in [2.05, 4.69) is 22.9 Å². The van der Waals surface area contributed by atoms with E-state index < -0.39 is 0 Å². The highest BCUT2D eigenvalue weighted by molar-refractivity contribution is 5.87. The number of aromatic nitrogens is 1. The largest absolute Gasteiger partial charge is 0.473 e. The van der Waals surface area contributed by atoms with Gasteiger partial charge in [-0.1, -0.05) is 6.58 Å². The van der Waals surface area contributed by atoms with Crippen LogP contribution in [-0.2, 0) is 4.79 Å². The molecule has 1 aromatic heterocycles. The second-order valence-corrected chi connectivity index (χ2v) is 4.77. The minimum atomic E-state index is -0.133. The van der Waals surface area contributed by atoms with Crippen LogP contribution in [-0.4, -0.2) is 23.0 Å². The van der Waals surface area contributed by atoms with Crippen molar-refractivity contribution in [2.45, 2.75) is 37.8 Å². The Morgan fingerprint density at radius 3 is 2.90 bits per heavy atom. The maximum Gasteiger partial charge on any atom is 0.243 e. The Bertz CT molecular complexity index is 528. The molecule has 1 aliphatic rings. The first kappa shape index (κ1) is 14.1. The van der Waals surface area contributed by atoms with Crippen LogP contribution in [0.3, 0.4) is 0 Å². The van der Waals surface area contributed by atoms with Crippen LogP contribution in [0.5, 0.6) is 5.88 Å². The number of carbonyl (C=O) groups excluding carboxylic acids is 1. The lowest BCUT2D eigenvalue weighted by Crippen LogP contribution is -2.39. The van der Waals surface area contributed by atoms with Gasteiger partial charge in [-0.05, 0) is 43.9 Å². The van der Waals surface area contributed by atoms with Crippen LogP contribution in [0.1, 0.15) is 31.2 Å². The predicted octanol–water partition coefficient (Wildman–Crippen LogP) is 1.95. The lowest BCUT2D eigenvalue weighted by molar-refractivity contribution is -0.117. The Labute approximate surface area is 118 Å². The Hall–Kier alpha value is -2.35. The van der Waals surface area contributed by atoms with Crippen LogP contribution in [0.2, 0.25) is 0 Å². The van der Waals surface area contributed by atoms with Crippen LogP contribution >= 0.6 is 0 Å². The van der Waals surface area contributed by atoms with Gasteiger partial charge in [-0.3, -0.25) is 4.79 Å². The molecule has 104 valence electrons. The zero-order valence-electron chi connectivity index (χ0n) is 11.2. The number of nitrogens with one attached hydrogen (secondary N) is 1. The molecule has 1 aliphatic carbocycles. The van der Waals surface area contributed by atoms with E-state index in [9.17, 15) is 4.79 Å². The summed E-state index contributed by atoms with van der Waals surface area (Å²) in [6, 6.07) is 5.66. The number of nitrogens with zero attached hydrogens (tertiary/aromatic N) is 2. The highest BCUT2D eigenvalue weighted by atomic mass is 16.5. The van der Waals surface area contributed by atoms with Gasteiger partial charge in [0, 0.05) is 12.2 Å². The van der Waals surface area contributed by atoms with Crippen molar-refractivity contribution in [2.24, 2.45) is 0 Å². The summed E-state index contributed by atoms with van der Waals surface area (Å²) in [5.74, 6) is 0.263. The summed E-state index contributed by atoms with van der Waals surface area (Å²) in [7, 11) is 0. The number of pyridine rings is 1. The summed E-state index contributed by atoms with van der Waals surface area (Å²) in [4.78, 5) is 15.3. The molecule has 0 aliphatic heterocycles. The van der Waals surface area contributed by atoms with E-state index in [4.69, 9.17) is 10.00 Å². The summed E-state index contributed by atoms with van der Waals surface area (Å²) in [5, 5.41) is 11.9. The van der Waals surface area contributed by atoms with Gasteiger partial charge in [0.05, 0.1) is 0 Å². The number of amides is 1. The van der Waals surface area contributed by atoms with Crippen molar-refractivity contribution >= 4 is 5.91 Å². The fraction of sp³-hybridized carbons (Fsp3) is 0.400. The van der Waals surface area contributed by atoms with Gasteiger partial charge in [-0.2, -0.15) is 5.26 Å². The first-order valence-corrected chi connectivity index (χ1v) is 6.67. The first-order chi connectivity index (χ1) is 9.72. The highest BCUT2D eigenvalue weighted by Crippen LogP contribution is 2.24. The third-order valence-electron chi connectivity index (χ3n) is 3.38. The lowest BCUT2D eigenvalue weighted by Gasteiger charge is -2.29. The molecular weight excluding hydrogens is 254 g/mol. The third-order valence-corrected chi connectivity index (χ3v) is 3.38. The third kappa shape index (κ3) is 3.58. The van der Waals surface area contributed by atoms with E-state index in [-0.39, 0.29) is 18.1 Å². The number of hydrogen-bond acceptors (Lipinski definition) is 4. The van der Waals surface area contributed by atoms with Crippen LogP contribution in [0.4, 0.5) is 0 Å². The van der Waals surface area contributed by atoms with Gasteiger partial charge >= 0.3 is 0 Å². The van der Waals surface area contributed by atoms with E-state index in [0.29, 0.717) is 11.4 Å². The van der Waals surface area contributed by atoms with E-state index in [1.807, 2.05) is 0 Å². The average Bonchev–Trinajstić information content (AvgIpc) is 2.49. The molecule has 0 aromatic carbocycles. The van der Waals surface area contributed by atoms with Gasteiger partial charge in [0.1, 0.15) is 17.7 Å². The molecule has 1 aromatic rings. The lowest BCUT2D eigenvalue weighted by atomic mass is 9.93. The molecule has 0 unspecified atom stereocenters. The smallest absolute Gasteiger partial charge is 0.243 e. The second-order valence-electron chi connectivity index (χ2n) is 4.77. The highest BCUT2D eigenvalue weighted by Gasteiger charge is 2.24. The van der Waals surface area contributed by atoms with Crippen molar-refractivity contribution in [1.29, 1.82) is 5.26 Å². The molecule has 1 saturated carbocycles. The minimum absolute atomic E-state index is 0.0499. The van der Waals surface area contributed by atoms with E-state index in [0.717, 1.165) is 25.7 Å². The molecule has 2 rings (SSSR count). The van der Waals surface area contributed by atoms with Crippen molar-refractivity contribution in [3.05, 3.63) is 36.5 Å². The Morgan fingerprint density at radius 1 is 1.50 bits per heavy atom. The molecule has 1 fully saturated rings. The summed E-state index contributed by atoms with van der Waals surface area (Å²) < 4.78 is 5.79. The number of hydrogen-bond donors (Lipinski definition) is 1. The first-order valence-electron chi connectivity index (χ1n) is 6.67. The quantitative estimate of drug-likeness (QED) is 0.849. The van der Waals surface area contributed by atoms with Crippen LogP contribution in [0, 0.1) is 11.3 Å². The maximum atomic E-state index is 11.2. The van der Waals surface area contributed by atoms with Gasteiger partial charge in [0.2, 0.25) is 11.8 Å². The topological polar surface area (TPSA) is 75.0 Å². The predicted molar refractivity (Wildman–Crippen MR) is 74.0 cm³/mol. The van der Waals surface area contributed by atoms with Gasteiger partial charge in [-0.15, -0.1) is 0 Å². The van der Waals surface area contributed by atoms with Crippen molar-refractivity contribution in [2.75, 3.05) is 0 Å². The summed E-state index contributed by atoms with van der Waals surface area (Å²) >= 11 is 0. The van der Waals surface area contributed by atoms with Crippen molar-refractivity contribution in [1.82, 2.24) is 10.3 Å². The fourth-order valence-electron chi connectivity index (χ4n) is 2.31. The standard InChI is InChI=1S/C15H17N3O2/c1-2-14(19)18-12-5-7-13(8-6-12)20-15-11(10-16)4-3-9-17-15/h2-4,9,12-13H,1,5-8H2,(H,18,19). The molecular formula is C15H17N3O2. The van der Waals surface area contributed by atoms with Gasteiger partial charge in [-0.25, -0.2) is 4.98 Å². The van der Waals surface area contributed by atoms with Gasteiger partial charge < -0.3 is 10.1 Å². The molecule has 0 bridgehead atoms. The second kappa shape index (κ2) is 6.71. The molecule has 0 radical (unpaired) electrons. The molecule has 0 saturated heterocycles. The van der Waals surface area contributed by atoms with Gasteiger partial charge in [0.25, 0.3) is 0 Å². The van der Waals surface area contributed by atoms with Crippen LogP contribution < -0.4 is 10.1 Å². The van der Waals surface area contributed by atoms with Crippen LogP contribution in [0.25, 0.3) is 0 Å².